The van der Waals surface area contributed by atoms with Gasteiger partial charge in [0.05, 0.1) is 33.5 Å². The number of carbonyl (C=O) groups excluding carboxylic acids is 1. The molecule has 0 radical (unpaired) electrons. The van der Waals surface area contributed by atoms with Crippen molar-refractivity contribution in [2.45, 2.75) is 63.3 Å². The van der Waals surface area contributed by atoms with E-state index >= 15 is 0 Å². The number of nitrogens with zero attached hydrogens (tertiary/aromatic N) is 3. The molecule has 6 rings (SSSR count). The zero-order chi connectivity index (χ0) is 27.9. The predicted octanol–water partition coefficient (Wildman–Crippen LogP) is 6.06. The van der Waals surface area contributed by atoms with Crippen molar-refractivity contribution in [3.8, 4) is 11.5 Å². The quantitative estimate of drug-likeness (QED) is 0.237. The van der Waals surface area contributed by atoms with E-state index < -0.39 is 11.4 Å². The minimum absolute atomic E-state index is 0.0570. The lowest BCUT2D eigenvalue weighted by atomic mass is 9.78. The van der Waals surface area contributed by atoms with Gasteiger partial charge in [-0.2, -0.15) is 0 Å². The number of amides is 1. The summed E-state index contributed by atoms with van der Waals surface area (Å²) < 4.78 is 27.3. The van der Waals surface area contributed by atoms with Crippen molar-refractivity contribution < 1.29 is 23.8 Å². The molecule has 8 nitrogen and oxygen atoms in total. The molecule has 2 aliphatic heterocycles. The molecule has 2 bridgehead atoms. The molecular formula is C28H29Cl2FN4O4. The van der Waals surface area contributed by atoms with Gasteiger partial charge in [-0.05, 0) is 44.5 Å². The van der Waals surface area contributed by atoms with Gasteiger partial charge in [0.25, 0.3) is 0 Å². The minimum Gasteiger partial charge on any atom is -0.490 e. The molecule has 1 amide bonds. The number of fused-ring (bicyclic) bond motifs is 3. The second-order valence-corrected chi connectivity index (χ2v) is 11.3. The molecule has 2 saturated heterocycles. The zero-order valence-corrected chi connectivity index (χ0v) is 23.1. The molecule has 39 heavy (non-hydrogen) atoms. The van der Waals surface area contributed by atoms with Crippen molar-refractivity contribution in [2.24, 2.45) is 0 Å². The van der Waals surface area contributed by atoms with Crippen LogP contribution >= 0.6 is 23.2 Å². The number of ether oxygens (including phenoxy) is 2. The summed E-state index contributed by atoms with van der Waals surface area (Å²) in [6.07, 6.45) is 5.30. The first-order valence-electron chi connectivity index (χ1n) is 12.7. The maximum Gasteiger partial charge on any atom is 0.246 e. The average molecular weight is 575 g/mol. The molecule has 0 spiro atoms. The lowest BCUT2D eigenvalue weighted by Gasteiger charge is -2.54. The molecule has 3 atom stereocenters. The zero-order valence-electron chi connectivity index (χ0n) is 21.6. The third-order valence-electron chi connectivity index (χ3n) is 7.08. The van der Waals surface area contributed by atoms with E-state index in [0.29, 0.717) is 47.5 Å². The van der Waals surface area contributed by atoms with E-state index in [4.69, 9.17) is 32.7 Å². The van der Waals surface area contributed by atoms with Crippen LogP contribution in [0.15, 0.2) is 43.2 Å². The number of halogens is 3. The number of aliphatic hydroxyl groups is 1. The highest BCUT2D eigenvalue weighted by Gasteiger charge is 2.48. The van der Waals surface area contributed by atoms with Gasteiger partial charge in [-0.3, -0.25) is 4.79 Å². The number of carbonyl (C=O) groups is 1. The van der Waals surface area contributed by atoms with Crippen molar-refractivity contribution >= 4 is 51.5 Å². The highest BCUT2D eigenvalue weighted by molar-refractivity contribution is 6.42. The van der Waals surface area contributed by atoms with E-state index in [1.54, 1.807) is 26.0 Å². The first kappa shape index (κ1) is 27.4. The summed E-state index contributed by atoms with van der Waals surface area (Å²) in [5.41, 5.74) is -0.239. The molecule has 2 aromatic carbocycles. The Morgan fingerprint density at radius 1 is 1.23 bits per heavy atom. The fourth-order valence-electron chi connectivity index (χ4n) is 5.09. The Hall–Kier alpha value is -3.14. The monoisotopic (exact) mass is 574 g/mol. The van der Waals surface area contributed by atoms with Gasteiger partial charge in [-0.25, -0.2) is 14.4 Å². The van der Waals surface area contributed by atoms with Crippen LogP contribution in [-0.4, -0.2) is 56.3 Å². The van der Waals surface area contributed by atoms with E-state index in [0.717, 1.165) is 6.42 Å². The Labute approximate surface area is 235 Å². The van der Waals surface area contributed by atoms with Crippen molar-refractivity contribution in [1.82, 2.24) is 14.9 Å². The van der Waals surface area contributed by atoms with Crippen LogP contribution in [0.1, 0.15) is 39.5 Å². The van der Waals surface area contributed by atoms with E-state index in [2.05, 4.69) is 21.9 Å². The summed E-state index contributed by atoms with van der Waals surface area (Å²) in [6, 6.07) is 6.70. The third-order valence-corrected chi connectivity index (χ3v) is 7.87. The molecule has 3 aromatic rings. The molecule has 3 aliphatic rings. The van der Waals surface area contributed by atoms with Crippen LogP contribution in [0.5, 0.6) is 11.5 Å². The number of hydrogen-bond donors (Lipinski definition) is 2. The molecule has 11 heteroatoms. The van der Waals surface area contributed by atoms with E-state index in [-0.39, 0.29) is 46.4 Å². The van der Waals surface area contributed by atoms with Gasteiger partial charge in [0.2, 0.25) is 5.91 Å². The highest BCUT2D eigenvalue weighted by atomic mass is 35.5. The highest BCUT2D eigenvalue weighted by Crippen LogP contribution is 2.43. The standard InChI is InChI=1S/C28H29Cl2FN4O4/c1-4-24(36)35-15-9-16(35)11-17(10-15)39-23-12-18-21(13-22(23)38-8-7-28(2,3)37)32-14-33-27(18)34-20-6-5-19(29)25(30)26(20)31/h4-6,12-17,37H,1,7-11H2,2-3H3,(H,32,33,34)/t15-,16+,17?. The predicted molar refractivity (Wildman–Crippen MR) is 149 cm³/mol. The lowest BCUT2D eigenvalue weighted by molar-refractivity contribution is -0.148. The SMILES string of the molecule is C=CC(=O)N1[C@@H]2CC(Oc3cc4c(Nc5ccc(Cl)c(Cl)c5F)ncnc4cc3OCCC(C)(C)O)C[C@H]1C2. The van der Waals surface area contributed by atoms with Crippen LogP contribution in [0.4, 0.5) is 15.9 Å². The second kappa shape index (κ2) is 10.8. The van der Waals surface area contributed by atoms with Gasteiger partial charge < -0.3 is 24.8 Å². The third kappa shape index (κ3) is 5.76. The Balaban J connectivity index is 1.45. The van der Waals surface area contributed by atoms with Crippen molar-refractivity contribution in [2.75, 3.05) is 11.9 Å². The molecule has 3 heterocycles. The van der Waals surface area contributed by atoms with Crippen LogP contribution in [0.2, 0.25) is 10.0 Å². The summed E-state index contributed by atoms with van der Waals surface area (Å²) >= 11 is 11.9. The summed E-state index contributed by atoms with van der Waals surface area (Å²) in [4.78, 5) is 22.7. The summed E-state index contributed by atoms with van der Waals surface area (Å²) in [5.74, 6) is 0.533. The minimum atomic E-state index is -0.896. The fourth-order valence-corrected chi connectivity index (χ4v) is 5.41. The van der Waals surface area contributed by atoms with Crippen LogP contribution in [-0.2, 0) is 4.79 Å². The van der Waals surface area contributed by atoms with Crippen LogP contribution in [0, 0.1) is 5.82 Å². The molecule has 3 fully saturated rings. The Bertz CT molecular complexity index is 1420. The number of rotatable bonds is 9. The summed E-state index contributed by atoms with van der Waals surface area (Å²) in [5, 5.41) is 13.6. The van der Waals surface area contributed by atoms with Gasteiger partial charge in [-0.1, -0.05) is 29.8 Å². The number of benzene rings is 2. The van der Waals surface area contributed by atoms with Crippen LogP contribution < -0.4 is 14.8 Å². The second-order valence-electron chi connectivity index (χ2n) is 10.5. The van der Waals surface area contributed by atoms with Gasteiger partial charge >= 0.3 is 0 Å². The smallest absolute Gasteiger partial charge is 0.246 e. The van der Waals surface area contributed by atoms with Crippen LogP contribution in [0.25, 0.3) is 10.9 Å². The van der Waals surface area contributed by atoms with Gasteiger partial charge in [-0.15, -0.1) is 0 Å². The van der Waals surface area contributed by atoms with Crippen molar-refractivity contribution in [3.63, 3.8) is 0 Å². The fraction of sp³-hybridized carbons (Fsp3) is 0.393. The van der Waals surface area contributed by atoms with Gasteiger partial charge in [0, 0.05) is 42.8 Å². The van der Waals surface area contributed by atoms with E-state index in [9.17, 15) is 14.3 Å². The number of hydrogen-bond acceptors (Lipinski definition) is 7. The maximum atomic E-state index is 14.8. The average Bonchev–Trinajstić information content (AvgIpc) is 2.88. The molecule has 206 valence electrons. The molecule has 1 aromatic heterocycles. The van der Waals surface area contributed by atoms with Crippen molar-refractivity contribution in [1.29, 1.82) is 0 Å². The largest absolute Gasteiger partial charge is 0.490 e. The Kier molecular flexibility index (Phi) is 7.59. The first-order valence-corrected chi connectivity index (χ1v) is 13.5. The number of anilines is 2. The Morgan fingerprint density at radius 3 is 2.67 bits per heavy atom. The van der Waals surface area contributed by atoms with E-state index in [1.165, 1.54) is 24.5 Å². The lowest BCUT2D eigenvalue weighted by Crippen LogP contribution is -2.64. The summed E-state index contributed by atoms with van der Waals surface area (Å²) in [6.45, 7) is 7.29. The van der Waals surface area contributed by atoms with Crippen LogP contribution in [0.3, 0.4) is 0 Å². The number of nitrogens with one attached hydrogen (secondary N) is 1. The maximum absolute atomic E-state index is 14.8. The topological polar surface area (TPSA) is 96.8 Å². The molecule has 1 unspecified atom stereocenters. The molecular weight excluding hydrogens is 546 g/mol. The van der Waals surface area contributed by atoms with Gasteiger partial charge in [0.15, 0.2) is 17.3 Å². The number of piperidine rings is 1. The molecule has 2 N–H and O–H groups in total. The van der Waals surface area contributed by atoms with Gasteiger partial charge in [0.1, 0.15) is 18.2 Å². The summed E-state index contributed by atoms with van der Waals surface area (Å²) in [7, 11) is 0. The molecule has 1 aliphatic carbocycles. The Morgan fingerprint density at radius 2 is 1.97 bits per heavy atom. The molecule has 1 saturated carbocycles. The van der Waals surface area contributed by atoms with Crippen molar-refractivity contribution in [3.05, 3.63) is 59.1 Å². The number of aromatic nitrogens is 2. The van der Waals surface area contributed by atoms with E-state index in [1.807, 2.05) is 4.90 Å². The normalized spacial score (nSPS) is 20.4. The first-order chi connectivity index (χ1) is 18.5.